The van der Waals surface area contributed by atoms with Crippen molar-refractivity contribution in [1.29, 1.82) is 0 Å². The number of fused-ring (bicyclic) bond motifs is 3. The van der Waals surface area contributed by atoms with E-state index in [0.717, 1.165) is 0 Å². The highest BCUT2D eigenvalue weighted by molar-refractivity contribution is 5.89. The summed E-state index contributed by atoms with van der Waals surface area (Å²) in [6.07, 6.45) is 0. The molecule has 0 amide bonds. The smallest absolute Gasteiger partial charge is 0.0619 e. The SMILES string of the molecule is CC(C)c1ccc(-c2cc(-c3ccc(C(C)(C)C)cc3)cc(C3(c4cc(-c5ccc(C(C)(C)C)cc5)cc(-c5ccc(C(C)(C)C)cc5)c4)c4ccccc4-c4ccccc43)c2)cc1. The van der Waals surface area contributed by atoms with Crippen LogP contribution in [0.25, 0.3) is 55.6 Å². The van der Waals surface area contributed by atoms with Gasteiger partial charge in [-0.3, -0.25) is 0 Å². The van der Waals surface area contributed by atoms with Gasteiger partial charge in [0.1, 0.15) is 0 Å². The molecule has 64 heavy (non-hydrogen) atoms. The monoisotopic (exact) mass is 833 g/mol. The number of hydrogen-bond acceptors (Lipinski definition) is 0. The Bertz CT molecular complexity index is 2830. The van der Waals surface area contributed by atoms with Crippen LogP contribution in [-0.4, -0.2) is 0 Å². The first kappa shape index (κ1) is 43.0. The topological polar surface area (TPSA) is 0 Å². The van der Waals surface area contributed by atoms with Crippen LogP contribution in [0.4, 0.5) is 0 Å². The van der Waals surface area contributed by atoms with Gasteiger partial charge < -0.3 is 0 Å². The van der Waals surface area contributed by atoms with Crippen molar-refractivity contribution >= 4 is 0 Å². The molecule has 1 aliphatic carbocycles. The van der Waals surface area contributed by atoms with Crippen molar-refractivity contribution < 1.29 is 0 Å². The molecule has 0 fully saturated rings. The second-order valence-corrected chi connectivity index (χ2v) is 21.7. The summed E-state index contributed by atoms with van der Waals surface area (Å²) in [5.74, 6) is 0.461. The molecule has 0 heteroatoms. The lowest BCUT2D eigenvalue weighted by Crippen LogP contribution is -2.29. The van der Waals surface area contributed by atoms with Crippen molar-refractivity contribution in [3.05, 3.63) is 226 Å². The number of benzene rings is 8. The van der Waals surface area contributed by atoms with E-state index < -0.39 is 5.41 Å². The minimum atomic E-state index is -0.636. The van der Waals surface area contributed by atoms with E-state index in [1.165, 1.54) is 100 Å². The zero-order valence-corrected chi connectivity index (χ0v) is 39.9. The summed E-state index contributed by atoms with van der Waals surface area (Å²) in [6, 6.07) is 70.3. The summed E-state index contributed by atoms with van der Waals surface area (Å²) in [6.45, 7) is 25.2. The third kappa shape index (κ3) is 7.87. The fourth-order valence-corrected chi connectivity index (χ4v) is 9.93. The molecule has 8 aromatic rings. The zero-order valence-electron chi connectivity index (χ0n) is 39.9. The van der Waals surface area contributed by atoms with E-state index in [2.05, 4.69) is 258 Å². The van der Waals surface area contributed by atoms with E-state index in [9.17, 15) is 0 Å². The second kappa shape index (κ2) is 16.1. The van der Waals surface area contributed by atoms with Gasteiger partial charge in [-0.1, -0.05) is 222 Å². The lowest BCUT2D eigenvalue weighted by molar-refractivity contribution is 0.590. The van der Waals surface area contributed by atoms with Crippen LogP contribution in [0.3, 0.4) is 0 Å². The maximum Gasteiger partial charge on any atom is 0.0714 e. The van der Waals surface area contributed by atoms with E-state index in [4.69, 9.17) is 0 Å². The van der Waals surface area contributed by atoms with Gasteiger partial charge in [-0.05, 0) is 159 Å². The molecule has 0 N–H and O–H groups in total. The lowest BCUT2D eigenvalue weighted by atomic mass is 9.66. The Hall–Kier alpha value is -6.24. The molecule has 320 valence electrons. The predicted molar refractivity (Wildman–Crippen MR) is 276 cm³/mol. The summed E-state index contributed by atoms with van der Waals surface area (Å²) in [7, 11) is 0. The Labute approximate surface area is 384 Å². The molecule has 8 aromatic carbocycles. The Morgan fingerprint density at radius 1 is 0.312 bits per heavy atom. The third-order valence-corrected chi connectivity index (χ3v) is 13.8. The van der Waals surface area contributed by atoms with Crippen molar-refractivity contribution in [2.24, 2.45) is 0 Å². The van der Waals surface area contributed by atoms with Crippen LogP contribution >= 0.6 is 0 Å². The van der Waals surface area contributed by atoms with Crippen LogP contribution in [0.2, 0.25) is 0 Å². The van der Waals surface area contributed by atoms with E-state index in [0.29, 0.717) is 5.92 Å². The standard InChI is InChI=1S/C64H64/c1-42(2)43-20-22-44(23-21-43)48-36-49(45-24-30-52(31-25-45)61(3,4)5)39-55(38-48)64(59-18-14-12-16-57(59)58-17-13-15-19-60(58)64)56-40-50(46-26-32-53(33-27-46)62(6,7)8)37-51(41-56)47-28-34-54(35-29-47)63(9,10)11/h12-42H,1-11H3. The van der Waals surface area contributed by atoms with E-state index in [-0.39, 0.29) is 16.2 Å². The molecule has 0 aromatic heterocycles. The van der Waals surface area contributed by atoms with Crippen molar-refractivity contribution in [2.45, 2.75) is 104 Å². The molecule has 0 spiro atoms. The van der Waals surface area contributed by atoms with Crippen molar-refractivity contribution in [1.82, 2.24) is 0 Å². The normalized spacial score (nSPS) is 13.5. The van der Waals surface area contributed by atoms with Crippen LogP contribution in [0.5, 0.6) is 0 Å². The number of hydrogen-bond donors (Lipinski definition) is 0. The fourth-order valence-electron chi connectivity index (χ4n) is 9.93. The van der Waals surface area contributed by atoms with Gasteiger partial charge in [0.05, 0.1) is 5.41 Å². The highest BCUT2D eigenvalue weighted by Crippen LogP contribution is 2.58. The fraction of sp³-hybridized carbons (Fsp3) is 0.250. The average Bonchev–Trinajstić information content (AvgIpc) is 3.59. The van der Waals surface area contributed by atoms with Gasteiger partial charge in [-0.15, -0.1) is 0 Å². The van der Waals surface area contributed by atoms with Gasteiger partial charge in [0, 0.05) is 0 Å². The summed E-state index contributed by atoms with van der Waals surface area (Å²) in [4.78, 5) is 0. The Morgan fingerprint density at radius 2 is 0.594 bits per heavy atom. The third-order valence-electron chi connectivity index (χ3n) is 13.8. The maximum absolute atomic E-state index is 2.50. The summed E-state index contributed by atoms with van der Waals surface area (Å²) >= 11 is 0. The molecular weight excluding hydrogens is 769 g/mol. The summed E-state index contributed by atoms with van der Waals surface area (Å²) in [5, 5.41) is 0. The molecule has 0 saturated heterocycles. The largest absolute Gasteiger partial charge is 0.0714 e. The van der Waals surface area contributed by atoms with Gasteiger partial charge in [0.2, 0.25) is 0 Å². The minimum Gasteiger partial charge on any atom is -0.0619 e. The molecule has 0 bridgehead atoms. The molecule has 0 atom stereocenters. The molecule has 9 rings (SSSR count). The first-order valence-electron chi connectivity index (χ1n) is 23.3. The van der Waals surface area contributed by atoms with Crippen molar-refractivity contribution in [2.75, 3.05) is 0 Å². The van der Waals surface area contributed by atoms with Crippen LogP contribution < -0.4 is 0 Å². The van der Waals surface area contributed by atoms with Gasteiger partial charge >= 0.3 is 0 Å². The van der Waals surface area contributed by atoms with Crippen LogP contribution in [0.15, 0.2) is 182 Å². The Kier molecular flexibility index (Phi) is 10.8. The van der Waals surface area contributed by atoms with Crippen LogP contribution in [0.1, 0.15) is 127 Å². The molecule has 0 nitrogen and oxygen atoms in total. The molecule has 1 aliphatic rings. The highest BCUT2D eigenvalue weighted by Gasteiger charge is 2.46. The molecule has 0 unspecified atom stereocenters. The first-order valence-corrected chi connectivity index (χ1v) is 23.3. The van der Waals surface area contributed by atoms with Crippen molar-refractivity contribution in [3.8, 4) is 55.6 Å². The molecule has 0 aliphatic heterocycles. The quantitative estimate of drug-likeness (QED) is 0.150. The van der Waals surface area contributed by atoms with Gasteiger partial charge in [0.25, 0.3) is 0 Å². The van der Waals surface area contributed by atoms with E-state index >= 15 is 0 Å². The molecule has 0 saturated carbocycles. The molecule has 0 heterocycles. The highest BCUT2D eigenvalue weighted by atomic mass is 14.5. The lowest BCUT2D eigenvalue weighted by Gasteiger charge is -2.35. The minimum absolute atomic E-state index is 0.0621. The van der Waals surface area contributed by atoms with Gasteiger partial charge in [0.15, 0.2) is 0 Å². The van der Waals surface area contributed by atoms with Crippen LogP contribution in [0, 0.1) is 0 Å². The van der Waals surface area contributed by atoms with Crippen molar-refractivity contribution in [3.63, 3.8) is 0 Å². The molecule has 0 radical (unpaired) electrons. The predicted octanol–water partition coefficient (Wildman–Crippen LogP) is 17.7. The maximum atomic E-state index is 2.50. The van der Waals surface area contributed by atoms with Gasteiger partial charge in [-0.2, -0.15) is 0 Å². The number of rotatable bonds is 7. The molecular formula is C64H64. The second-order valence-electron chi connectivity index (χ2n) is 21.7. The average molecular weight is 833 g/mol. The van der Waals surface area contributed by atoms with Crippen LogP contribution in [-0.2, 0) is 21.7 Å². The Balaban J connectivity index is 1.38. The first-order chi connectivity index (χ1) is 30.4. The van der Waals surface area contributed by atoms with E-state index in [1.54, 1.807) is 0 Å². The summed E-state index contributed by atoms with van der Waals surface area (Å²) in [5.41, 5.74) is 22.4. The summed E-state index contributed by atoms with van der Waals surface area (Å²) < 4.78 is 0. The van der Waals surface area contributed by atoms with Gasteiger partial charge in [-0.25, -0.2) is 0 Å². The zero-order chi connectivity index (χ0) is 45.2. The van der Waals surface area contributed by atoms with E-state index in [1.807, 2.05) is 0 Å². The Morgan fingerprint density at radius 3 is 0.875 bits per heavy atom.